The van der Waals surface area contributed by atoms with Gasteiger partial charge < -0.3 is 9.80 Å². The van der Waals surface area contributed by atoms with E-state index in [0.29, 0.717) is 38.4 Å². The van der Waals surface area contributed by atoms with Crippen LogP contribution in [0.25, 0.3) is 0 Å². The first-order chi connectivity index (χ1) is 14.0. The van der Waals surface area contributed by atoms with Crippen molar-refractivity contribution in [2.24, 2.45) is 5.92 Å². The number of rotatable bonds is 5. The predicted octanol–water partition coefficient (Wildman–Crippen LogP) is 2.93. The summed E-state index contributed by atoms with van der Waals surface area (Å²) in [6.45, 7) is 6.72. The highest BCUT2D eigenvalue weighted by molar-refractivity contribution is 5.78. The van der Waals surface area contributed by atoms with Crippen LogP contribution in [0.3, 0.4) is 0 Å². The number of likely N-dealkylation sites (tertiary alicyclic amines) is 2. The summed E-state index contributed by atoms with van der Waals surface area (Å²) in [5.41, 5.74) is 3.48. The molecule has 154 valence electrons. The molecule has 0 spiro atoms. The SMILES string of the molecule is Cc1ccc(CN2C(=O)CCC[C@@H]3CN(C(=O)CCn4cc(C)cn4)C[C@@H]32)cc1. The van der Waals surface area contributed by atoms with E-state index < -0.39 is 0 Å². The molecule has 2 aliphatic rings. The molecule has 2 aliphatic heterocycles. The molecule has 0 radical (unpaired) electrons. The van der Waals surface area contributed by atoms with Crippen molar-refractivity contribution in [3.05, 3.63) is 53.3 Å². The number of aryl methyl sites for hydroxylation is 3. The van der Waals surface area contributed by atoms with Crippen molar-refractivity contribution < 1.29 is 9.59 Å². The summed E-state index contributed by atoms with van der Waals surface area (Å²) in [5, 5.41) is 4.27. The van der Waals surface area contributed by atoms with E-state index >= 15 is 0 Å². The van der Waals surface area contributed by atoms with E-state index in [1.807, 2.05) is 33.8 Å². The standard InChI is InChI=1S/C23H30N4O2/c1-17-6-8-19(9-7-17)14-27-21-16-25(15-20(21)4-3-5-23(27)29)22(28)10-11-26-13-18(2)12-24-26/h6-9,12-13,20-21H,3-5,10-11,14-16H2,1-2H3/t20-,21+/m1/s1. The molecule has 0 N–H and O–H groups in total. The van der Waals surface area contributed by atoms with Crippen LogP contribution in [-0.2, 0) is 22.7 Å². The van der Waals surface area contributed by atoms with Crippen molar-refractivity contribution in [3.63, 3.8) is 0 Å². The first kappa shape index (κ1) is 19.7. The van der Waals surface area contributed by atoms with Gasteiger partial charge in [0.1, 0.15) is 0 Å². The highest BCUT2D eigenvalue weighted by Crippen LogP contribution is 2.32. The number of aromatic nitrogens is 2. The first-order valence-corrected chi connectivity index (χ1v) is 10.6. The van der Waals surface area contributed by atoms with E-state index in [9.17, 15) is 9.59 Å². The van der Waals surface area contributed by atoms with Gasteiger partial charge >= 0.3 is 0 Å². The predicted molar refractivity (Wildman–Crippen MR) is 111 cm³/mol. The van der Waals surface area contributed by atoms with Gasteiger partial charge in [-0.15, -0.1) is 0 Å². The molecule has 1 aromatic heterocycles. The molecule has 6 nitrogen and oxygen atoms in total. The Kier molecular flexibility index (Phi) is 5.69. The van der Waals surface area contributed by atoms with E-state index in [1.165, 1.54) is 5.56 Å². The van der Waals surface area contributed by atoms with Crippen molar-refractivity contribution in [3.8, 4) is 0 Å². The van der Waals surface area contributed by atoms with Crippen LogP contribution in [0.15, 0.2) is 36.7 Å². The van der Waals surface area contributed by atoms with Crippen molar-refractivity contribution in [1.82, 2.24) is 19.6 Å². The number of hydrogen-bond donors (Lipinski definition) is 0. The fourth-order valence-corrected chi connectivity index (χ4v) is 4.59. The second kappa shape index (κ2) is 8.39. The highest BCUT2D eigenvalue weighted by Gasteiger charge is 2.41. The van der Waals surface area contributed by atoms with Gasteiger partial charge in [0.15, 0.2) is 0 Å². The Morgan fingerprint density at radius 3 is 2.66 bits per heavy atom. The smallest absolute Gasteiger partial charge is 0.224 e. The van der Waals surface area contributed by atoms with Crippen molar-refractivity contribution in [1.29, 1.82) is 0 Å². The van der Waals surface area contributed by atoms with Gasteiger partial charge in [-0.25, -0.2) is 0 Å². The Morgan fingerprint density at radius 1 is 1.14 bits per heavy atom. The average molecular weight is 395 g/mol. The summed E-state index contributed by atoms with van der Waals surface area (Å²) in [4.78, 5) is 29.6. The Hall–Kier alpha value is -2.63. The number of amides is 2. The third kappa shape index (κ3) is 4.52. The van der Waals surface area contributed by atoms with Crippen LogP contribution >= 0.6 is 0 Å². The van der Waals surface area contributed by atoms with Crippen LogP contribution in [0.4, 0.5) is 0 Å². The molecule has 0 saturated carbocycles. The Labute approximate surface area is 172 Å². The zero-order valence-electron chi connectivity index (χ0n) is 17.4. The Balaban J connectivity index is 1.42. The first-order valence-electron chi connectivity index (χ1n) is 10.6. The normalized spacial score (nSPS) is 21.9. The van der Waals surface area contributed by atoms with Gasteiger partial charge in [-0.05, 0) is 43.7 Å². The molecular weight excluding hydrogens is 364 g/mol. The molecular formula is C23H30N4O2. The minimum atomic E-state index is 0.127. The monoisotopic (exact) mass is 394 g/mol. The summed E-state index contributed by atoms with van der Waals surface area (Å²) < 4.78 is 1.83. The van der Waals surface area contributed by atoms with Gasteiger partial charge in [0, 0.05) is 45.2 Å². The largest absolute Gasteiger partial charge is 0.340 e. The Morgan fingerprint density at radius 2 is 1.93 bits per heavy atom. The second-order valence-corrected chi connectivity index (χ2v) is 8.56. The maximum Gasteiger partial charge on any atom is 0.224 e. The second-order valence-electron chi connectivity index (χ2n) is 8.56. The molecule has 1 aromatic carbocycles. The zero-order valence-corrected chi connectivity index (χ0v) is 17.4. The molecule has 2 saturated heterocycles. The van der Waals surface area contributed by atoms with Crippen LogP contribution in [0.1, 0.15) is 42.4 Å². The summed E-state index contributed by atoms with van der Waals surface area (Å²) >= 11 is 0. The summed E-state index contributed by atoms with van der Waals surface area (Å²) in [7, 11) is 0. The molecule has 3 heterocycles. The summed E-state index contributed by atoms with van der Waals surface area (Å²) in [5.74, 6) is 0.760. The highest BCUT2D eigenvalue weighted by atomic mass is 16.2. The number of nitrogens with zero attached hydrogens (tertiary/aromatic N) is 4. The minimum absolute atomic E-state index is 0.127. The van der Waals surface area contributed by atoms with E-state index in [1.54, 1.807) is 0 Å². The van der Waals surface area contributed by atoms with Crippen molar-refractivity contribution in [2.45, 2.75) is 58.7 Å². The topological polar surface area (TPSA) is 58.4 Å². The van der Waals surface area contributed by atoms with Crippen LogP contribution < -0.4 is 0 Å². The quantitative estimate of drug-likeness (QED) is 0.783. The molecule has 2 fully saturated rings. The van der Waals surface area contributed by atoms with Crippen molar-refractivity contribution >= 4 is 11.8 Å². The fourth-order valence-electron chi connectivity index (χ4n) is 4.59. The average Bonchev–Trinajstić information content (AvgIpc) is 3.28. The van der Waals surface area contributed by atoms with E-state index in [4.69, 9.17) is 0 Å². The summed E-state index contributed by atoms with van der Waals surface area (Å²) in [6.07, 6.45) is 6.77. The van der Waals surface area contributed by atoms with Gasteiger partial charge in [-0.2, -0.15) is 5.10 Å². The van der Waals surface area contributed by atoms with Gasteiger partial charge in [0.2, 0.25) is 11.8 Å². The molecule has 2 atom stereocenters. The molecule has 0 unspecified atom stereocenters. The van der Waals surface area contributed by atoms with Gasteiger partial charge in [0.05, 0.1) is 12.2 Å². The number of hydrogen-bond acceptors (Lipinski definition) is 3. The maximum atomic E-state index is 12.8. The molecule has 2 amide bonds. The molecule has 4 rings (SSSR count). The van der Waals surface area contributed by atoms with Crippen LogP contribution in [-0.4, -0.2) is 50.5 Å². The number of carbonyl (C=O) groups excluding carboxylic acids is 2. The zero-order chi connectivity index (χ0) is 20.4. The third-order valence-corrected chi connectivity index (χ3v) is 6.24. The van der Waals surface area contributed by atoms with Crippen LogP contribution in [0, 0.1) is 19.8 Å². The molecule has 0 bridgehead atoms. The number of fused-ring (bicyclic) bond motifs is 1. The lowest BCUT2D eigenvalue weighted by Gasteiger charge is -2.30. The molecule has 29 heavy (non-hydrogen) atoms. The third-order valence-electron chi connectivity index (χ3n) is 6.24. The van der Waals surface area contributed by atoms with Gasteiger partial charge in [-0.3, -0.25) is 14.3 Å². The lowest BCUT2D eigenvalue weighted by atomic mass is 9.98. The molecule has 2 aromatic rings. The van der Waals surface area contributed by atoms with E-state index in [-0.39, 0.29) is 17.9 Å². The van der Waals surface area contributed by atoms with E-state index in [0.717, 1.165) is 30.5 Å². The lowest BCUT2D eigenvalue weighted by Crippen LogP contribution is -2.43. The summed E-state index contributed by atoms with van der Waals surface area (Å²) in [6, 6.07) is 8.52. The van der Waals surface area contributed by atoms with Crippen LogP contribution in [0.2, 0.25) is 0 Å². The van der Waals surface area contributed by atoms with Crippen molar-refractivity contribution in [2.75, 3.05) is 13.1 Å². The fraction of sp³-hybridized carbons (Fsp3) is 0.522. The Bertz CT molecular complexity index is 873. The number of carbonyl (C=O) groups is 2. The minimum Gasteiger partial charge on any atom is -0.340 e. The molecule has 6 heteroatoms. The molecule has 0 aliphatic carbocycles. The van der Waals surface area contributed by atoms with Gasteiger partial charge in [-0.1, -0.05) is 29.8 Å². The van der Waals surface area contributed by atoms with E-state index in [2.05, 4.69) is 36.3 Å². The van der Waals surface area contributed by atoms with Gasteiger partial charge in [0.25, 0.3) is 0 Å². The lowest BCUT2D eigenvalue weighted by molar-refractivity contribution is -0.135. The number of benzene rings is 1. The van der Waals surface area contributed by atoms with Crippen LogP contribution in [0.5, 0.6) is 0 Å². The maximum absolute atomic E-state index is 12.8.